The summed E-state index contributed by atoms with van der Waals surface area (Å²) in [5.74, 6) is -0.342. The number of nitrogens with one attached hydrogen (secondary N) is 2. The van der Waals surface area contributed by atoms with Gasteiger partial charge >= 0.3 is 0 Å². The van der Waals surface area contributed by atoms with Crippen molar-refractivity contribution in [2.75, 3.05) is 26.4 Å². The van der Waals surface area contributed by atoms with Crippen LogP contribution in [-0.4, -0.2) is 40.8 Å². The topological polar surface area (TPSA) is 113 Å². The smallest absolute Gasteiger partial charge is 0.255 e. The van der Waals surface area contributed by atoms with E-state index in [-0.39, 0.29) is 17.7 Å². The monoisotopic (exact) mass is 465 g/mol. The molecule has 8 nitrogen and oxygen atoms in total. The Morgan fingerprint density at radius 3 is 2.45 bits per heavy atom. The summed E-state index contributed by atoms with van der Waals surface area (Å²) >= 11 is 0. The highest BCUT2D eigenvalue weighted by Gasteiger charge is 2.32. The molecule has 0 saturated carbocycles. The van der Waals surface area contributed by atoms with E-state index in [9.17, 15) is 21.6 Å². The molecule has 168 valence electrons. The molecule has 0 spiro atoms. The van der Waals surface area contributed by atoms with Gasteiger partial charge in [0.25, 0.3) is 5.91 Å². The second-order valence-corrected chi connectivity index (χ2v) is 11.5. The van der Waals surface area contributed by atoms with Gasteiger partial charge in [-0.2, -0.15) is 0 Å². The minimum atomic E-state index is -3.45. The largest absolute Gasteiger partial charge is 0.322 e. The summed E-state index contributed by atoms with van der Waals surface area (Å²) in [6.45, 7) is 5.35. The van der Waals surface area contributed by atoms with E-state index in [1.54, 1.807) is 50.2 Å². The van der Waals surface area contributed by atoms with Gasteiger partial charge in [-0.1, -0.05) is 13.0 Å². The van der Waals surface area contributed by atoms with E-state index >= 15 is 0 Å². The molecular weight excluding hydrogens is 438 g/mol. The molecule has 0 fully saturated rings. The summed E-state index contributed by atoms with van der Waals surface area (Å²) in [5.41, 5.74) is 3.30. The Kier molecular flexibility index (Phi) is 6.33. The van der Waals surface area contributed by atoms with Crippen LogP contribution in [0.4, 0.5) is 17.1 Å². The van der Waals surface area contributed by atoms with Gasteiger partial charge in [0, 0.05) is 17.3 Å². The van der Waals surface area contributed by atoms with Crippen molar-refractivity contribution in [2.45, 2.75) is 39.7 Å². The molecule has 1 aliphatic rings. The van der Waals surface area contributed by atoms with Gasteiger partial charge in [0.15, 0.2) is 0 Å². The standard InChI is InChI=1S/C21H27N3O5S2/c1-5-11-31(28,29)23-19-8-6-7-18(15(19)3)22-21(25)16-9-10-20-17(13-16)12-14(2)24(20)30(4,26)27/h6-10,13-14,23H,5,11-12H2,1-4H3,(H,22,25). The third-order valence-corrected chi connectivity index (χ3v) is 7.92. The number of rotatable bonds is 7. The molecule has 0 aromatic heterocycles. The van der Waals surface area contributed by atoms with Crippen LogP contribution in [-0.2, 0) is 26.5 Å². The van der Waals surface area contributed by atoms with Gasteiger partial charge in [-0.15, -0.1) is 0 Å². The molecule has 1 unspecified atom stereocenters. The van der Waals surface area contributed by atoms with Crippen molar-refractivity contribution >= 4 is 43.0 Å². The first kappa shape index (κ1) is 23.1. The Balaban J connectivity index is 1.84. The SMILES string of the molecule is CCCS(=O)(=O)Nc1cccc(NC(=O)c2ccc3c(c2)CC(C)N3S(C)(=O)=O)c1C. The van der Waals surface area contributed by atoms with E-state index in [2.05, 4.69) is 10.0 Å². The Bertz CT molecular complexity index is 1220. The third-order valence-electron chi connectivity index (χ3n) is 5.17. The normalized spacial score (nSPS) is 16.1. The highest BCUT2D eigenvalue weighted by Crippen LogP contribution is 2.35. The molecule has 2 aromatic carbocycles. The number of fused-ring (bicyclic) bond motifs is 1. The fraction of sp³-hybridized carbons (Fsp3) is 0.381. The maximum absolute atomic E-state index is 12.8. The molecule has 0 radical (unpaired) electrons. The summed E-state index contributed by atoms with van der Waals surface area (Å²) in [7, 11) is -6.85. The first-order chi connectivity index (χ1) is 14.4. The number of benzene rings is 2. The van der Waals surface area contributed by atoms with E-state index < -0.39 is 20.0 Å². The van der Waals surface area contributed by atoms with E-state index in [0.29, 0.717) is 41.0 Å². The number of hydrogen-bond donors (Lipinski definition) is 2. The van der Waals surface area contributed by atoms with Crippen LogP contribution in [0.1, 0.15) is 41.8 Å². The van der Waals surface area contributed by atoms with E-state index in [1.165, 1.54) is 10.6 Å². The van der Waals surface area contributed by atoms with Crippen LogP contribution in [0.15, 0.2) is 36.4 Å². The van der Waals surface area contributed by atoms with Gasteiger partial charge in [-0.05, 0) is 68.1 Å². The average molecular weight is 466 g/mol. The first-order valence-corrected chi connectivity index (χ1v) is 13.5. The molecule has 1 heterocycles. The fourth-order valence-electron chi connectivity index (χ4n) is 3.81. The van der Waals surface area contributed by atoms with E-state index in [0.717, 1.165) is 5.56 Å². The maximum Gasteiger partial charge on any atom is 0.255 e. The fourth-order valence-corrected chi connectivity index (χ4v) is 6.27. The van der Waals surface area contributed by atoms with Crippen molar-refractivity contribution in [3.05, 3.63) is 53.1 Å². The molecule has 1 atom stereocenters. The van der Waals surface area contributed by atoms with Crippen molar-refractivity contribution in [2.24, 2.45) is 0 Å². The number of carbonyl (C=O) groups excluding carboxylic acids is 1. The number of amides is 1. The van der Waals surface area contributed by atoms with Crippen LogP contribution >= 0.6 is 0 Å². The molecule has 3 rings (SSSR count). The van der Waals surface area contributed by atoms with Crippen LogP contribution in [0.3, 0.4) is 0 Å². The lowest BCUT2D eigenvalue weighted by molar-refractivity contribution is 0.102. The van der Waals surface area contributed by atoms with Gasteiger partial charge < -0.3 is 5.32 Å². The van der Waals surface area contributed by atoms with Crippen molar-refractivity contribution in [3.63, 3.8) is 0 Å². The Morgan fingerprint density at radius 2 is 1.81 bits per heavy atom. The predicted molar refractivity (Wildman–Crippen MR) is 124 cm³/mol. The lowest BCUT2D eigenvalue weighted by Crippen LogP contribution is -2.34. The number of nitrogens with zero attached hydrogens (tertiary/aromatic N) is 1. The first-order valence-electron chi connectivity index (χ1n) is 9.96. The highest BCUT2D eigenvalue weighted by molar-refractivity contribution is 7.92. The van der Waals surface area contributed by atoms with Gasteiger partial charge in [-0.3, -0.25) is 13.8 Å². The van der Waals surface area contributed by atoms with Gasteiger partial charge in [0.2, 0.25) is 20.0 Å². The number of carbonyl (C=O) groups is 1. The van der Waals surface area contributed by atoms with Gasteiger partial charge in [0.05, 0.1) is 23.4 Å². The molecule has 0 saturated heterocycles. The zero-order valence-corrected chi connectivity index (χ0v) is 19.6. The Morgan fingerprint density at radius 1 is 1.13 bits per heavy atom. The summed E-state index contributed by atoms with van der Waals surface area (Å²) in [6, 6.07) is 9.75. The number of anilines is 3. The van der Waals surface area contributed by atoms with Crippen molar-refractivity contribution in [1.82, 2.24) is 0 Å². The van der Waals surface area contributed by atoms with Crippen LogP contribution in [0.25, 0.3) is 0 Å². The summed E-state index contributed by atoms with van der Waals surface area (Å²) in [5, 5.41) is 2.82. The molecule has 31 heavy (non-hydrogen) atoms. The summed E-state index contributed by atoms with van der Waals surface area (Å²) in [6.07, 6.45) is 2.19. The lowest BCUT2D eigenvalue weighted by Gasteiger charge is -2.22. The number of sulfonamides is 2. The van der Waals surface area contributed by atoms with E-state index in [4.69, 9.17) is 0 Å². The second kappa shape index (κ2) is 8.51. The molecule has 0 aliphatic carbocycles. The number of hydrogen-bond acceptors (Lipinski definition) is 5. The highest BCUT2D eigenvalue weighted by atomic mass is 32.2. The minimum Gasteiger partial charge on any atom is -0.322 e. The van der Waals surface area contributed by atoms with Crippen LogP contribution in [0.2, 0.25) is 0 Å². The molecule has 1 amide bonds. The average Bonchev–Trinajstić information content (AvgIpc) is 2.99. The second-order valence-electron chi connectivity index (χ2n) is 7.81. The van der Waals surface area contributed by atoms with Crippen molar-refractivity contribution < 1.29 is 21.6 Å². The molecule has 10 heteroatoms. The molecule has 1 aliphatic heterocycles. The Hall–Kier alpha value is -2.59. The molecular formula is C21H27N3O5S2. The van der Waals surface area contributed by atoms with Gasteiger partial charge in [-0.25, -0.2) is 16.8 Å². The summed E-state index contributed by atoms with van der Waals surface area (Å²) < 4.78 is 52.3. The van der Waals surface area contributed by atoms with Gasteiger partial charge in [0.1, 0.15) is 0 Å². The zero-order valence-electron chi connectivity index (χ0n) is 18.0. The maximum atomic E-state index is 12.8. The summed E-state index contributed by atoms with van der Waals surface area (Å²) in [4.78, 5) is 12.8. The third kappa shape index (κ3) is 5.01. The Labute approximate surface area is 183 Å². The van der Waals surface area contributed by atoms with E-state index in [1.807, 2.05) is 6.92 Å². The zero-order chi connectivity index (χ0) is 23.0. The molecule has 0 bridgehead atoms. The van der Waals surface area contributed by atoms with Crippen LogP contribution < -0.4 is 14.3 Å². The quantitative estimate of drug-likeness (QED) is 0.652. The van der Waals surface area contributed by atoms with Crippen LogP contribution in [0.5, 0.6) is 0 Å². The van der Waals surface area contributed by atoms with Crippen molar-refractivity contribution in [1.29, 1.82) is 0 Å². The molecule has 2 aromatic rings. The van der Waals surface area contributed by atoms with Crippen LogP contribution in [0, 0.1) is 6.92 Å². The lowest BCUT2D eigenvalue weighted by atomic mass is 10.1. The molecule has 2 N–H and O–H groups in total. The predicted octanol–water partition coefficient (Wildman–Crippen LogP) is 3.11. The van der Waals surface area contributed by atoms with Crippen molar-refractivity contribution in [3.8, 4) is 0 Å². The minimum absolute atomic E-state index is 0.0150.